The Morgan fingerprint density at radius 2 is 2.00 bits per heavy atom. The summed E-state index contributed by atoms with van der Waals surface area (Å²) in [7, 11) is 2.17. The quantitative estimate of drug-likeness (QED) is 0.882. The molecular formula is C16H24N2O. The second kappa shape index (κ2) is 5.61. The maximum absolute atomic E-state index is 6.00. The molecule has 1 aliphatic heterocycles. The van der Waals surface area contributed by atoms with Gasteiger partial charge in [0.2, 0.25) is 0 Å². The van der Waals surface area contributed by atoms with Crippen molar-refractivity contribution in [3.63, 3.8) is 0 Å². The van der Waals surface area contributed by atoms with Gasteiger partial charge in [0.15, 0.2) is 0 Å². The van der Waals surface area contributed by atoms with Gasteiger partial charge in [-0.15, -0.1) is 0 Å². The molecule has 2 atom stereocenters. The summed E-state index contributed by atoms with van der Waals surface area (Å²) in [6.45, 7) is 2.38. The first kappa shape index (κ1) is 13.1. The topological polar surface area (TPSA) is 38.5 Å². The average Bonchev–Trinajstić information content (AvgIpc) is 3.15. The maximum atomic E-state index is 6.00. The Bertz CT molecular complexity index is 407. The Morgan fingerprint density at radius 1 is 1.26 bits per heavy atom. The molecule has 19 heavy (non-hydrogen) atoms. The molecule has 1 aromatic rings. The highest BCUT2D eigenvalue weighted by atomic mass is 16.5. The summed E-state index contributed by atoms with van der Waals surface area (Å²) in [5.74, 6) is 0.825. The highest BCUT2D eigenvalue weighted by molar-refractivity contribution is 5.30. The fourth-order valence-corrected chi connectivity index (χ4v) is 3.04. The molecule has 0 bridgehead atoms. The monoisotopic (exact) mass is 260 g/mol. The molecule has 2 N–H and O–H groups in total. The SMILES string of the molecule is CN(C1CCOC1)C(CN)c1ccc(C2CC2)cc1. The number of likely N-dealkylation sites (N-methyl/N-ethyl adjacent to an activating group) is 1. The zero-order valence-electron chi connectivity index (χ0n) is 11.7. The van der Waals surface area contributed by atoms with E-state index in [0.717, 1.165) is 25.6 Å². The summed E-state index contributed by atoms with van der Waals surface area (Å²) >= 11 is 0. The Hall–Kier alpha value is -0.900. The van der Waals surface area contributed by atoms with Gasteiger partial charge in [-0.25, -0.2) is 0 Å². The standard InChI is InChI=1S/C16H24N2O/c1-18(15-8-9-19-11-15)16(10-17)14-6-4-13(5-7-14)12-2-3-12/h4-7,12,15-16H,2-3,8-11,17H2,1H3. The minimum atomic E-state index is 0.306. The molecule has 2 unspecified atom stereocenters. The van der Waals surface area contributed by atoms with Gasteiger partial charge in [-0.2, -0.15) is 0 Å². The minimum Gasteiger partial charge on any atom is -0.380 e. The number of rotatable bonds is 5. The van der Waals surface area contributed by atoms with Crippen molar-refractivity contribution >= 4 is 0 Å². The van der Waals surface area contributed by atoms with Crippen LogP contribution in [0.15, 0.2) is 24.3 Å². The van der Waals surface area contributed by atoms with Gasteiger partial charge < -0.3 is 10.5 Å². The number of ether oxygens (including phenoxy) is 1. The largest absolute Gasteiger partial charge is 0.380 e. The van der Waals surface area contributed by atoms with Crippen LogP contribution in [0.4, 0.5) is 0 Å². The van der Waals surface area contributed by atoms with Gasteiger partial charge >= 0.3 is 0 Å². The van der Waals surface area contributed by atoms with Crippen molar-refractivity contribution in [2.45, 2.75) is 37.3 Å². The van der Waals surface area contributed by atoms with E-state index in [-0.39, 0.29) is 0 Å². The van der Waals surface area contributed by atoms with Crippen LogP contribution in [0, 0.1) is 0 Å². The molecule has 1 heterocycles. The maximum Gasteiger partial charge on any atom is 0.0622 e. The lowest BCUT2D eigenvalue weighted by molar-refractivity contribution is 0.134. The van der Waals surface area contributed by atoms with Gasteiger partial charge in [0, 0.05) is 25.2 Å². The fourth-order valence-electron chi connectivity index (χ4n) is 3.04. The van der Waals surface area contributed by atoms with Gasteiger partial charge in [-0.05, 0) is 43.4 Å². The first-order valence-corrected chi connectivity index (χ1v) is 7.39. The van der Waals surface area contributed by atoms with Crippen molar-refractivity contribution in [3.05, 3.63) is 35.4 Å². The summed E-state index contributed by atoms with van der Waals surface area (Å²) in [5, 5.41) is 0. The van der Waals surface area contributed by atoms with Crippen LogP contribution in [-0.2, 0) is 4.74 Å². The second-order valence-corrected chi connectivity index (χ2v) is 5.88. The number of hydrogen-bond donors (Lipinski definition) is 1. The Morgan fingerprint density at radius 3 is 2.53 bits per heavy atom. The van der Waals surface area contributed by atoms with Crippen LogP contribution < -0.4 is 5.73 Å². The molecule has 0 spiro atoms. The minimum absolute atomic E-state index is 0.306. The van der Waals surface area contributed by atoms with Crippen molar-refractivity contribution in [1.82, 2.24) is 4.90 Å². The Labute approximate surface area is 115 Å². The van der Waals surface area contributed by atoms with Crippen molar-refractivity contribution in [3.8, 4) is 0 Å². The van der Waals surface area contributed by atoms with Crippen LogP contribution >= 0.6 is 0 Å². The third kappa shape index (κ3) is 2.83. The molecule has 1 aromatic carbocycles. The molecule has 104 valence electrons. The van der Waals surface area contributed by atoms with E-state index in [0.29, 0.717) is 18.6 Å². The molecule has 0 amide bonds. The highest BCUT2D eigenvalue weighted by Gasteiger charge is 2.27. The molecule has 3 heteroatoms. The highest BCUT2D eigenvalue weighted by Crippen LogP contribution is 2.40. The van der Waals surface area contributed by atoms with E-state index in [9.17, 15) is 0 Å². The normalized spacial score (nSPS) is 24.9. The van der Waals surface area contributed by atoms with Crippen molar-refractivity contribution in [2.75, 3.05) is 26.8 Å². The van der Waals surface area contributed by atoms with Gasteiger partial charge in [-0.3, -0.25) is 4.90 Å². The zero-order valence-corrected chi connectivity index (χ0v) is 11.7. The lowest BCUT2D eigenvalue weighted by Crippen LogP contribution is -2.38. The molecule has 3 nitrogen and oxygen atoms in total. The van der Waals surface area contributed by atoms with Crippen LogP contribution in [0.2, 0.25) is 0 Å². The van der Waals surface area contributed by atoms with E-state index in [1.807, 2.05) is 0 Å². The molecular weight excluding hydrogens is 236 g/mol. The van der Waals surface area contributed by atoms with Crippen LogP contribution in [0.3, 0.4) is 0 Å². The number of hydrogen-bond acceptors (Lipinski definition) is 3. The van der Waals surface area contributed by atoms with Crippen LogP contribution in [0.5, 0.6) is 0 Å². The van der Waals surface area contributed by atoms with E-state index < -0.39 is 0 Å². The molecule has 1 aliphatic carbocycles. The molecule has 1 saturated heterocycles. The Kier molecular flexibility index (Phi) is 3.87. The van der Waals surface area contributed by atoms with E-state index in [2.05, 4.69) is 36.2 Å². The lowest BCUT2D eigenvalue weighted by atomic mass is 10.0. The molecule has 3 rings (SSSR count). The fraction of sp³-hybridized carbons (Fsp3) is 0.625. The molecule has 0 aromatic heterocycles. The van der Waals surface area contributed by atoms with E-state index >= 15 is 0 Å². The summed E-state index contributed by atoms with van der Waals surface area (Å²) < 4.78 is 5.49. The smallest absolute Gasteiger partial charge is 0.0622 e. The van der Waals surface area contributed by atoms with Gasteiger partial charge in [0.1, 0.15) is 0 Å². The van der Waals surface area contributed by atoms with Crippen LogP contribution in [0.1, 0.15) is 42.3 Å². The predicted octanol–water partition coefficient (Wildman–Crippen LogP) is 2.28. The molecule has 0 radical (unpaired) electrons. The summed E-state index contributed by atoms with van der Waals surface area (Å²) in [6.07, 6.45) is 3.84. The first-order valence-electron chi connectivity index (χ1n) is 7.39. The number of benzene rings is 1. The summed E-state index contributed by atoms with van der Waals surface area (Å²) in [6, 6.07) is 9.91. The Balaban J connectivity index is 1.72. The van der Waals surface area contributed by atoms with E-state index in [4.69, 9.17) is 10.5 Å². The predicted molar refractivity (Wildman–Crippen MR) is 77.2 cm³/mol. The second-order valence-electron chi connectivity index (χ2n) is 5.88. The van der Waals surface area contributed by atoms with E-state index in [1.165, 1.54) is 24.0 Å². The molecule has 1 saturated carbocycles. The average molecular weight is 260 g/mol. The van der Waals surface area contributed by atoms with Gasteiger partial charge in [-0.1, -0.05) is 24.3 Å². The summed E-state index contributed by atoms with van der Waals surface area (Å²) in [5.41, 5.74) is 8.83. The van der Waals surface area contributed by atoms with Crippen molar-refractivity contribution in [2.24, 2.45) is 5.73 Å². The van der Waals surface area contributed by atoms with Crippen LogP contribution in [-0.4, -0.2) is 37.7 Å². The first-order chi connectivity index (χ1) is 9.29. The third-order valence-corrected chi connectivity index (χ3v) is 4.57. The number of nitrogens with zero attached hydrogens (tertiary/aromatic N) is 1. The van der Waals surface area contributed by atoms with E-state index in [1.54, 1.807) is 0 Å². The molecule has 2 aliphatic rings. The van der Waals surface area contributed by atoms with Crippen LogP contribution in [0.25, 0.3) is 0 Å². The third-order valence-electron chi connectivity index (χ3n) is 4.57. The van der Waals surface area contributed by atoms with Gasteiger partial charge in [0.05, 0.1) is 6.61 Å². The molecule has 2 fully saturated rings. The summed E-state index contributed by atoms with van der Waals surface area (Å²) in [4.78, 5) is 2.39. The van der Waals surface area contributed by atoms with Gasteiger partial charge in [0.25, 0.3) is 0 Å². The zero-order chi connectivity index (χ0) is 13.2. The lowest BCUT2D eigenvalue weighted by Gasteiger charge is -2.32. The van der Waals surface area contributed by atoms with Crippen molar-refractivity contribution < 1.29 is 4.74 Å². The number of nitrogens with two attached hydrogens (primary N) is 1. The van der Waals surface area contributed by atoms with Crippen molar-refractivity contribution in [1.29, 1.82) is 0 Å².